The average Bonchev–Trinajstić information content (AvgIpc) is 3.87. The van der Waals surface area contributed by atoms with Crippen molar-refractivity contribution in [2.24, 2.45) is 11.3 Å². The van der Waals surface area contributed by atoms with Crippen molar-refractivity contribution in [1.82, 2.24) is 0 Å². The molecule has 1 nitrogen and oxygen atoms in total. The molecule has 4 unspecified atom stereocenters. The van der Waals surface area contributed by atoms with Gasteiger partial charge in [0.15, 0.2) is 0 Å². The molecule has 0 N–H and O–H groups in total. The summed E-state index contributed by atoms with van der Waals surface area (Å²) in [6.07, 6.45) is 19.7. The Kier molecular flexibility index (Phi) is 7.48. The van der Waals surface area contributed by atoms with Crippen molar-refractivity contribution in [3.63, 3.8) is 0 Å². The van der Waals surface area contributed by atoms with Crippen LogP contribution in [0.5, 0.6) is 0 Å². The normalized spacial score (nSPS) is 23.0. The molecular formula is C53H40OS. The van der Waals surface area contributed by atoms with Gasteiger partial charge in [0.1, 0.15) is 11.2 Å². The smallest absolute Gasteiger partial charge is 0.135 e. The Hall–Kier alpha value is -5.83. The second-order valence-corrected chi connectivity index (χ2v) is 17.0. The van der Waals surface area contributed by atoms with Crippen LogP contribution in [0, 0.1) is 11.3 Å². The third-order valence-electron chi connectivity index (χ3n) is 12.9. The van der Waals surface area contributed by atoms with Gasteiger partial charge in [-0.1, -0.05) is 188 Å². The van der Waals surface area contributed by atoms with Gasteiger partial charge in [0.25, 0.3) is 0 Å². The largest absolute Gasteiger partial charge is 0.456 e. The first kappa shape index (κ1) is 32.6. The Labute approximate surface area is 327 Å². The molecule has 1 aromatic heterocycles. The molecule has 2 heteroatoms. The summed E-state index contributed by atoms with van der Waals surface area (Å²) < 4.78 is 6.79. The summed E-state index contributed by atoms with van der Waals surface area (Å²) in [4.78, 5) is 0. The molecule has 0 radical (unpaired) electrons. The average molecular weight is 725 g/mol. The van der Waals surface area contributed by atoms with E-state index >= 15 is 0 Å². The zero-order chi connectivity index (χ0) is 36.6. The molecule has 1 saturated heterocycles. The van der Waals surface area contributed by atoms with Gasteiger partial charge in [-0.2, -0.15) is 0 Å². The molecule has 1 aliphatic heterocycles. The fraction of sp³-hybridized carbons (Fsp3) is 0.132. The molecule has 0 saturated carbocycles. The third kappa shape index (κ3) is 4.87. The number of thioether (sulfide) groups is 1. The number of fused-ring (bicyclic) bond motifs is 9. The number of hydrogen-bond acceptors (Lipinski definition) is 2. The van der Waals surface area contributed by atoms with E-state index in [1.54, 1.807) is 0 Å². The second-order valence-electron chi connectivity index (χ2n) is 15.7. The Bertz CT molecular complexity index is 2750. The molecule has 0 spiro atoms. The monoisotopic (exact) mass is 724 g/mol. The van der Waals surface area contributed by atoms with Crippen molar-refractivity contribution in [2.75, 3.05) is 0 Å². The minimum absolute atomic E-state index is 0.0517. The van der Waals surface area contributed by atoms with Gasteiger partial charge in [-0.05, 0) is 74.7 Å². The fourth-order valence-corrected chi connectivity index (χ4v) is 12.1. The van der Waals surface area contributed by atoms with Gasteiger partial charge in [-0.15, -0.1) is 11.8 Å². The highest BCUT2D eigenvalue weighted by molar-refractivity contribution is 8.01. The highest BCUT2D eigenvalue weighted by Crippen LogP contribution is 2.61. The van der Waals surface area contributed by atoms with E-state index in [-0.39, 0.29) is 5.41 Å². The van der Waals surface area contributed by atoms with Crippen LogP contribution >= 0.6 is 11.8 Å². The molecule has 6 aromatic carbocycles. The van der Waals surface area contributed by atoms with Crippen LogP contribution in [-0.4, -0.2) is 10.5 Å². The molecule has 264 valence electrons. The lowest BCUT2D eigenvalue weighted by Crippen LogP contribution is -2.36. The summed E-state index contributed by atoms with van der Waals surface area (Å²) in [6, 6.07) is 53.4. The van der Waals surface area contributed by atoms with E-state index < -0.39 is 5.41 Å². The predicted octanol–water partition coefficient (Wildman–Crippen LogP) is 13.6. The first-order valence-corrected chi connectivity index (χ1v) is 20.4. The van der Waals surface area contributed by atoms with Crippen molar-refractivity contribution in [3.8, 4) is 11.1 Å². The topological polar surface area (TPSA) is 13.1 Å². The molecule has 0 bridgehead atoms. The Morgan fingerprint density at radius 3 is 2.13 bits per heavy atom. The minimum atomic E-state index is -0.463. The second kappa shape index (κ2) is 12.6. The third-order valence-corrected chi connectivity index (χ3v) is 14.6. The molecule has 4 aliphatic rings. The van der Waals surface area contributed by atoms with Crippen LogP contribution in [-0.2, 0) is 5.41 Å². The molecule has 0 amide bonds. The first-order chi connectivity index (χ1) is 27.1. The predicted molar refractivity (Wildman–Crippen MR) is 232 cm³/mol. The van der Waals surface area contributed by atoms with Crippen LogP contribution in [0.2, 0.25) is 0 Å². The number of allylic oxidation sites excluding steroid dienone is 7. The van der Waals surface area contributed by atoms with Crippen LogP contribution in [0.1, 0.15) is 46.7 Å². The molecule has 4 atom stereocenters. The number of benzene rings is 6. The molecule has 2 heterocycles. The molecule has 11 rings (SSSR count). The highest BCUT2D eigenvalue weighted by atomic mass is 32.2. The van der Waals surface area contributed by atoms with Gasteiger partial charge in [0.2, 0.25) is 0 Å². The lowest BCUT2D eigenvalue weighted by molar-refractivity contribution is 0.318. The maximum absolute atomic E-state index is 6.79. The van der Waals surface area contributed by atoms with E-state index in [0.717, 1.165) is 28.4 Å². The summed E-state index contributed by atoms with van der Waals surface area (Å²) in [5.74, 6) is 0.481. The fourth-order valence-electron chi connectivity index (χ4n) is 10.2. The Morgan fingerprint density at radius 1 is 0.636 bits per heavy atom. The summed E-state index contributed by atoms with van der Waals surface area (Å²) in [5, 5.41) is 3.26. The number of rotatable bonds is 6. The maximum atomic E-state index is 6.79. The molecule has 1 fully saturated rings. The Balaban J connectivity index is 1.05. The van der Waals surface area contributed by atoms with E-state index in [2.05, 4.69) is 213 Å². The van der Waals surface area contributed by atoms with Crippen LogP contribution in [0.4, 0.5) is 0 Å². The lowest BCUT2D eigenvalue weighted by Gasteiger charge is -2.39. The van der Waals surface area contributed by atoms with Crippen LogP contribution < -0.4 is 0 Å². The van der Waals surface area contributed by atoms with E-state index in [1.807, 2.05) is 0 Å². The SMILES string of the molecule is CC12C(C/C(=C/c3ccccc3)c3ccc4oc5cc(C6(c7ccccc7)c7ccccc7-c7ccccc76)ccc5c4c3)=CC=CC1SC1C=CC=CC12. The zero-order valence-corrected chi connectivity index (χ0v) is 31.5. The van der Waals surface area contributed by atoms with Crippen molar-refractivity contribution in [1.29, 1.82) is 0 Å². The highest BCUT2D eigenvalue weighted by Gasteiger charge is 2.53. The number of furan rings is 1. The van der Waals surface area contributed by atoms with E-state index in [4.69, 9.17) is 4.42 Å². The summed E-state index contributed by atoms with van der Waals surface area (Å²) in [7, 11) is 0. The maximum Gasteiger partial charge on any atom is 0.135 e. The molecule has 55 heavy (non-hydrogen) atoms. The van der Waals surface area contributed by atoms with Gasteiger partial charge in [-0.3, -0.25) is 0 Å². The Morgan fingerprint density at radius 2 is 1.35 bits per heavy atom. The summed E-state index contributed by atoms with van der Waals surface area (Å²) in [5.41, 5.74) is 14.4. The van der Waals surface area contributed by atoms with Crippen molar-refractivity contribution in [2.45, 2.75) is 29.3 Å². The van der Waals surface area contributed by atoms with Crippen LogP contribution in [0.25, 0.3) is 44.7 Å². The van der Waals surface area contributed by atoms with Crippen molar-refractivity contribution >= 4 is 45.3 Å². The van der Waals surface area contributed by atoms with Gasteiger partial charge >= 0.3 is 0 Å². The van der Waals surface area contributed by atoms with Gasteiger partial charge in [-0.25, -0.2) is 0 Å². The lowest BCUT2D eigenvalue weighted by atomic mass is 9.64. The van der Waals surface area contributed by atoms with E-state index in [9.17, 15) is 0 Å². The molecule has 7 aromatic rings. The van der Waals surface area contributed by atoms with E-state index in [0.29, 0.717) is 16.4 Å². The van der Waals surface area contributed by atoms with Gasteiger partial charge in [0, 0.05) is 32.6 Å². The quantitative estimate of drug-likeness (QED) is 0.158. The van der Waals surface area contributed by atoms with Gasteiger partial charge in [0.05, 0.1) is 5.41 Å². The summed E-state index contributed by atoms with van der Waals surface area (Å²) >= 11 is 2.12. The van der Waals surface area contributed by atoms with Gasteiger partial charge < -0.3 is 4.42 Å². The van der Waals surface area contributed by atoms with Crippen molar-refractivity contribution < 1.29 is 4.42 Å². The molecular weight excluding hydrogens is 685 g/mol. The van der Waals surface area contributed by atoms with Crippen LogP contribution in [0.3, 0.4) is 0 Å². The van der Waals surface area contributed by atoms with Crippen molar-refractivity contribution in [3.05, 3.63) is 227 Å². The number of hydrogen-bond donors (Lipinski definition) is 0. The standard InChI is InChI=1S/C53H40OS/c1-52-39(19-14-26-51(52)55-50-25-13-12-24-47(50)52)32-37(31-35-15-4-2-5-16-35)36-27-30-48-44(33-36)43-29-28-40(34-49(43)54-48)53(38-17-6-3-7-18-38)45-22-10-8-20-41(45)42-21-9-11-23-46(42)53/h2-31,33-34,47,50-51H,32H2,1H3/b37-31-. The van der Waals surface area contributed by atoms with E-state index in [1.165, 1.54) is 55.7 Å². The molecule has 3 aliphatic carbocycles. The zero-order valence-electron chi connectivity index (χ0n) is 30.7. The first-order valence-electron chi connectivity index (χ1n) is 19.5. The van der Waals surface area contributed by atoms with Crippen LogP contribution in [0.15, 0.2) is 198 Å². The minimum Gasteiger partial charge on any atom is -0.456 e. The summed E-state index contributed by atoms with van der Waals surface area (Å²) in [6.45, 7) is 2.50.